The molecule has 1 heterocycles. The van der Waals surface area contributed by atoms with Crippen LogP contribution in [0.25, 0.3) is 10.6 Å². The molecule has 0 bridgehead atoms. The first-order valence-electron chi connectivity index (χ1n) is 8.71. The number of ether oxygens (including phenoxy) is 2. The zero-order valence-electron chi connectivity index (χ0n) is 15.9. The number of nitrogens with zero attached hydrogens (tertiary/aromatic N) is 1. The van der Waals surface area contributed by atoms with Gasteiger partial charge in [-0.05, 0) is 37.3 Å². The number of thiazole rings is 1. The quantitative estimate of drug-likeness (QED) is 0.639. The molecule has 1 atom stereocenters. The molecule has 3 rings (SSSR count). The minimum atomic E-state index is -0.312. The fourth-order valence-corrected chi connectivity index (χ4v) is 3.67. The van der Waals surface area contributed by atoms with Crippen LogP contribution in [0.1, 0.15) is 24.2 Å². The van der Waals surface area contributed by atoms with Gasteiger partial charge in [-0.3, -0.25) is 4.79 Å². The third-order valence-corrected chi connectivity index (χ3v) is 5.19. The van der Waals surface area contributed by atoms with Gasteiger partial charge in [0.2, 0.25) is 5.91 Å². The summed E-state index contributed by atoms with van der Waals surface area (Å²) in [6, 6.07) is 11.4. The number of nitrogens with one attached hydrogen (secondary N) is 1. The fraction of sp³-hybridized carbons (Fsp3) is 0.238. The molecule has 0 saturated carbocycles. The molecule has 2 aromatic carbocycles. The van der Waals surface area contributed by atoms with Crippen molar-refractivity contribution < 1.29 is 18.7 Å². The Kier molecular flexibility index (Phi) is 6.26. The summed E-state index contributed by atoms with van der Waals surface area (Å²) in [6.45, 7) is 1.88. The highest BCUT2D eigenvalue weighted by Gasteiger charge is 2.16. The number of halogens is 1. The van der Waals surface area contributed by atoms with E-state index in [-0.39, 0.29) is 24.2 Å². The SMILES string of the molecule is COc1ccc(OC)c(C(C)NC(=O)Cc2csc(-c3cccc(F)c3)n2)c1. The van der Waals surface area contributed by atoms with Crippen molar-refractivity contribution in [2.75, 3.05) is 14.2 Å². The summed E-state index contributed by atoms with van der Waals surface area (Å²) in [5.41, 5.74) is 2.17. The largest absolute Gasteiger partial charge is 0.497 e. The fourth-order valence-electron chi connectivity index (χ4n) is 2.85. The minimum absolute atomic E-state index is 0.141. The van der Waals surface area contributed by atoms with Crippen molar-refractivity contribution in [3.8, 4) is 22.1 Å². The van der Waals surface area contributed by atoms with Gasteiger partial charge in [-0.25, -0.2) is 9.37 Å². The van der Waals surface area contributed by atoms with Crippen LogP contribution in [0.4, 0.5) is 4.39 Å². The number of rotatable bonds is 7. The van der Waals surface area contributed by atoms with E-state index < -0.39 is 0 Å². The van der Waals surface area contributed by atoms with Gasteiger partial charge in [0.1, 0.15) is 22.3 Å². The number of carbonyl (C=O) groups is 1. The van der Waals surface area contributed by atoms with Crippen molar-refractivity contribution in [2.45, 2.75) is 19.4 Å². The van der Waals surface area contributed by atoms with Crippen LogP contribution in [0.5, 0.6) is 11.5 Å². The lowest BCUT2D eigenvalue weighted by Gasteiger charge is -2.18. The van der Waals surface area contributed by atoms with E-state index in [1.54, 1.807) is 32.4 Å². The Morgan fingerprint density at radius 2 is 2.04 bits per heavy atom. The van der Waals surface area contributed by atoms with Gasteiger partial charge in [0.05, 0.1) is 32.4 Å². The molecule has 0 spiro atoms. The third-order valence-electron chi connectivity index (χ3n) is 4.25. The minimum Gasteiger partial charge on any atom is -0.497 e. The molecule has 1 unspecified atom stereocenters. The maximum Gasteiger partial charge on any atom is 0.226 e. The van der Waals surface area contributed by atoms with E-state index in [0.29, 0.717) is 27.8 Å². The molecule has 0 saturated heterocycles. The normalized spacial score (nSPS) is 11.7. The van der Waals surface area contributed by atoms with Crippen LogP contribution in [0.2, 0.25) is 0 Å². The summed E-state index contributed by atoms with van der Waals surface area (Å²) < 4.78 is 24.0. The molecule has 146 valence electrons. The predicted molar refractivity (Wildman–Crippen MR) is 107 cm³/mol. The second-order valence-corrected chi connectivity index (χ2v) is 7.09. The molecule has 1 amide bonds. The van der Waals surface area contributed by atoms with Crippen LogP contribution in [0.15, 0.2) is 47.8 Å². The van der Waals surface area contributed by atoms with Crippen molar-refractivity contribution in [3.63, 3.8) is 0 Å². The molecule has 7 heteroatoms. The number of hydrogen-bond donors (Lipinski definition) is 1. The molecular weight excluding hydrogens is 379 g/mol. The molecule has 3 aromatic rings. The van der Waals surface area contributed by atoms with Crippen LogP contribution < -0.4 is 14.8 Å². The van der Waals surface area contributed by atoms with Crippen LogP contribution in [-0.2, 0) is 11.2 Å². The first kappa shape index (κ1) is 19.8. The summed E-state index contributed by atoms with van der Waals surface area (Å²) in [5.74, 6) is 0.897. The summed E-state index contributed by atoms with van der Waals surface area (Å²) in [7, 11) is 3.18. The Hall–Kier alpha value is -2.93. The first-order valence-corrected chi connectivity index (χ1v) is 9.59. The highest BCUT2D eigenvalue weighted by atomic mass is 32.1. The maximum atomic E-state index is 13.4. The van der Waals surface area contributed by atoms with Gasteiger partial charge in [0.25, 0.3) is 0 Å². The number of amides is 1. The second kappa shape index (κ2) is 8.84. The van der Waals surface area contributed by atoms with Gasteiger partial charge in [-0.2, -0.15) is 0 Å². The summed E-state index contributed by atoms with van der Waals surface area (Å²) in [5, 5.41) is 5.46. The maximum absolute atomic E-state index is 13.4. The predicted octanol–water partition coefficient (Wildman–Crippen LogP) is 4.39. The topological polar surface area (TPSA) is 60.5 Å². The molecule has 0 aliphatic heterocycles. The van der Waals surface area contributed by atoms with Crippen molar-refractivity contribution in [3.05, 3.63) is 64.9 Å². The molecule has 1 aromatic heterocycles. The van der Waals surface area contributed by atoms with Gasteiger partial charge in [-0.15, -0.1) is 11.3 Å². The Bertz CT molecular complexity index is 974. The number of methoxy groups -OCH3 is 2. The molecule has 28 heavy (non-hydrogen) atoms. The molecule has 0 fully saturated rings. The van der Waals surface area contributed by atoms with E-state index in [1.807, 2.05) is 24.4 Å². The number of aromatic nitrogens is 1. The van der Waals surface area contributed by atoms with E-state index >= 15 is 0 Å². The second-order valence-electron chi connectivity index (χ2n) is 6.23. The van der Waals surface area contributed by atoms with Crippen LogP contribution in [0, 0.1) is 5.82 Å². The Morgan fingerprint density at radius 3 is 2.75 bits per heavy atom. The lowest BCUT2D eigenvalue weighted by molar-refractivity contribution is -0.121. The van der Waals surface area contributed by atoms with Crippen molar-refractivity contribution in [1.82, 2.24) is 10.3 Å². The number of hydrogen-bond acceptors (Lipinski definition) is 5. The van der Waals surface area contributed by atoms with Crippen molar-refractivity contribution >= 4 is 17.2 Å². The summed E-state index contributed by atoms with van der Waals surface area (Å²) >= 11 is 1.39. The highest BCUT2D eigenvalue weighted by Crippen LogP contribution is 2.29. The summed E-state index contributed by atoms with van der Waals surface area (Å²) in [6.07, 6.45) is 0.141. The lowest BCUT2D eigenvalue weighted by atomic mass is 10.1. The Labute approximate surface area is 167 Å². The van der Waals surface area contributed by atoms with E-state index in [0.717, 1.165) is 5.56 Å². The Balaban J connectivity index is 1.68. The third kappa shape index (κ3) is 4.67. The van der Waals surface area contributed by atoms with Crippen LogP contribution in [0.3, 0.4) is 0 Å². The van der Waals surface area contributed by atoms with Gasteiger partial charge in [0, 0.05) is 16.5 Å². The Morgan fingerprint density at radius 1 is 1.21 bits per heavy atom. The molecule has 5 nitrogen and oxygen atoms in total. The van der Waals surface area contributed by atoms with Crippen molar-refractivity contribution in [1.29, 1.82) is 0 Å². The number of benzene rings is 2. The average molecular weight is 400 g/mol. The van der Waals surface area contributed by atoms with E-state index in [9.17, 15) is 9.18 Å². The molecule has 1 N–H and O–H groups in total. The highest BCUT2D eigenvalue weighted by molar-refractivity contribution is 7.13. The van der Waals surface area contributed by atoms with E-state index in [4.69, 9.17) is 9.47 Å². The monoisotopic (exact) mass is 400 g/mol. The number of carbonyl (C=O) groups excluding carboxylic acids is 1. The summed E-state index contributed by atoms with van der Waals surface area (Å²) in [4.78, 5) is 16.9. The van der Waals surface area contributed by atoms with Gasteiger partial charge < -0.3 is 14.8 Å². The van der Waals surface area contributed by atoms with E-state index in [2.05, 4.69) is 10.3 Å². The van der Waals surface area contributed by atoms with Crippen molar-refractivity contribution in [2.24, 2.45) is 0 Å². The van der Waals surface area contributed by atoms with E-state index in [1.165, 1.54) is 23.5 Å². The molecular formula is C21H21FN2O3S. The first-order chi connectivity index (χ1) is 13.5. The zero-order chi connectivity index (χ0) is 20.1. The van der Waals surface area contributed by atoms with Gasteiger partial charge in [-0.1, -0.05) is 12.1 Å². The lowest BCUT2D eigenvalue weighted by Crippen LogP contribution is -2.28. The van der Waals surface area contributed by atoms with Crippen LogP contribution in [-0.4, -0.2) is 25.1 Å². The van der Waals surface area contributed by atoms with Gasteiger partial charge >= 0.3 is 0 Å². The smallest absolute Gasteiger partial charge is 0.226 e. The molecule has 0 aliphatic carbocycles. The molecule has 0 radical (unpaired) electrons. The zero-order valence-corrected chi connectivity index (χ0v) is 16.7. The average Bonchev–Trinajstić information content (AvgIpc) is 3.15. The molecule has 0 aliphatic rings. The van der Waals surface area contributed by atoms with Crippen LogP contribution >= 0.6 is 11.3 Å². The standard InChI is InChI=1S/C21H21FN2O3S/c1-13(18-11-17(26-2)7-8-19(18)27-3)23-20(25)10-16-12-28-21(24-16)14-5-4-6-15(22)9-14/h4-9,11-13H,10H2,1-3H3,(H,23,25). The van der Waals surface area contributed by atoms with Gasteiger partial charge in [0.15, 0.2) is 0 Å².